The van der Waals surface area contributed by atoms with Crippen molar-refractivity contribution in [3.63, 3.8) is 0 Å². The minimum absolute atomic E-state index is 0.211. The van der Waals surface area contributed by atoms with Gasteiger partial charge in [0, 0.05) is 19.1 Å². The van der Waals surface area contributed by atoms with E-state index in [9.17, 15) is 0 Å². The molecule has 0 amide bonds. The zero-order valence-corrected chi connectivity index (χ0v) is 6.55. The average Bonchev–Trinajstić information content (AvgIpc) is 2.13. The number of nitrogens with zero attached hydrogens (tertiary/aromatic N) is 1. The highest BCUT2D eigenvalue weighted by molar-refractivity contribution is 4.69. The maximum atomic E-state index is 5.73. The van der Waals surface area contributed by atoms with Gasteiger partial charge in [-0.1, -0.05) is 6.92 Å². The molecule has 3 nitrogen and oxygen atoms in total. The van der Waals surface area contributed by atoms with Crippen LogP contribution in [0.5, 0.6) is 0 Å². The zero-order chi connectivity index (χ0) is 7.40. The van der Waals surface area contributed by atoms with Crippen molar-refractivity contribution in [1.29, 1.82) is 0 Å². The van der Waals surface area contributed by atoms with Gasteiger partial charge in [-0.25, -0.2) is 0 Å². The fourth-order valence-electron chi connectivity index (χ4n) is 1.19. The summed E-state index contributed by atoms with van der Waals surface area (Å²) in [5.74, 6) is 0. The Kier molecular flexibility index (Phi) is 3.12. The van der Waals surface area contributed by atoms with Gasteiger partial charge in [-0.15, -0.1) is 0 Å². The predicted octanol–water partition coefficient (Wildman–Crippen LogP) is -0.334. The van der Waals surface area contributed by atoms with E-state index in [1.807, 2.05) is 0 Å². The number of hydrogen-bond acceptors (Lipinski definition) is 3. The lowest BCUT2D eigenvalue weighted by molar-refractivity contribution is 0.136. The van der Waals surface area contributed by atoms with E-state index < -0.39 is 0 Å². The van der Waals surface area contributed by atoms with Crippen LogP contribution in [0.2, 0.25) is 0 Å². The molecule has 1 fully saturated rings. The minimum atomic E-state index is 0.211. The van der Waals surface area contributed by atoms with Gasteiger partial charge in [0.1, 0.15) is 0 Å². The Morgan fingerprint density at radius 2 is 2.50 bits per heavy atom. The highest BCUT2D eigenvalue weighted by atomic mass is 16.5. The molecule has 60 valence electrons. The molecule has 10 heavy (non-hydrogen) atoms. The smallest absolute Gasteiger partial charge is 0.0630 e. The van der Waals surface area contributed by atoms with Crippen LogP contribution in [-0.4, -0.2) is 43.8 Å². The number of likely N-dealkylation sites (N-methyl/N-ethyl adjacent to an activating group) is 1. The van der Waals surface area contributed by atoms with Gasteiger partial charge < -0.3 is 10.5 Å². The van der Waals surface area contributed by atoms with Gasteiger partial charge in [-0.05, 0) is 6.54 Å². The Balaban J connectivity index is 2.30. The normalized spacial score (nSPS) is 30.0. The number of hydrogen-bond donors (Lipinski definition) is 1. The summed E-state index contributed by atoms with van der Waals surface area (Å²) in [5, 5.41) is 0. The molecular formula is C7H16N2O. The number of nitrogens with two attached hydrogens (primary N) is 1. The van der Waals surface area contributed by atoms with Crippen molar-refractivity contribution < 1.29 is 4.74 Å². The van der Waals surface area contributed by atoms with Crippen molar-refractivity contribution >= 4 is 0 Å². The van der Waals surface area contributed by atoms with Gasteiger partial charge in [-0.2, -0.15) is 0 Å². The molecule has 0 spiro atoms. The van der Waals surface area contributed by atoms with Crippen molar-refractivity contribution in [3.8, 4) is 0 Å². The summed E-state index contributed by atoms with van der Waals surface area (Å²) in [6.45, 7) is 6.80. The van der Waals surface area contributed by atoms with Crippen molar-refractivity contribution in [2.75, 3.05) is 32.8 Å². The second-order valence-electron chi connectivity index (χ2n) is 2.73. The molecule has 0 bridgehead atoms. The predicted molar refractivity (Wildman–Crippen MR) is 40.9 cm³/mol. The maximum absolute atomic E-state index is 5.73. The molecule has 1 saturated heterocycles. The second kappa shape index (κ2) is 3.91. The lowest BCUT2D eigenvalue weighted by Crippen LogP contribution is -2.37. The van der Waals surface area contributed by atoms with E-state index in [1.165, 1.54) is 0 Å². The summed E-state index contributed by atoms with van der Waals surface area (Å²) >= 11 is 0. The summed E-state index contributed by atoms with van der Waals surface area (Å²) in [6, 6.07) is 0.211. The van der Waals surface area contributed by atoms with E-state index in [1.54, 1.807) is 0 Å². The van der Waals surface area contributed by atoms with Crippen LogP contribution in [-0.2, 0) is 4.74 Å². The third-order valence-corrected chi connectivity index (χ3v) is 1.82. The van der Waals surface area contributed by atoms with E-state index in [2.05, 4.69) is 11.8 Å². The van der Waals surface area contributed by atoms with Crippen molar-refractivity contribution in [2.24, 2.45) is 5.73 Å². The Morgan fingerprint density at radius 3 is 3.20 bits per heavy atom. The summed E-state index contributed by atoms with van der Waals surface area (Å²) in [4.78, 5) is 2.32. The molecule has 1 heterocycles. The van der Waals surface area contributed by atoms with Crippen LogP contribution >= 0.6 is 0 Å². The molecule has 1 atom stereocenters. The standard InChI is InChI=1S/C7H16N2O/c1-2-9-3-4-10-6-7(8)5-9/h7H,2-6,8H2,1H3. The molecule has 0 saturated carbocycles. The lowest BCUT2D eigenvalue weighted by Gasteiger charge is -2.18. The third-order valence-electron chi connectivity index (χ3n) is 1.82. The number of rotatable bonds is 1. The zero-order valence-electron chi connectivity index (χ0n) is 6.55. The molecule has 0 radical (unpaired) electrons. The number of ether oxygens (including phenoxy) is 1. The topological polar surface area (TPSA) is 38.5 Å². The molecule has 1 aliphatic rings. The van der Waals surface area contributed by atoms with Crippen LogP contribution in [0.3, 0.4) is 0 Å². The molecule has 0 aromatic heterocycles. The van der Waals surface area contributed by atoms with Crippen LogP contribution in [0, 0.1) is 0 Å². The first-order valence-electron chi connectivity index (χ1n) is 3.88. The highest BCUT2D eigenvalue weighted by Gasteiger charge is 2.12. The first kappa shape index (κ1) is 7.98. The lowest BCUT2D eigenvalue weighted by atomic mass is 10.3. The molecular weight excluding hydrogens is 128 g/mol. The SMILES string of the molecule is CCN1CCOCC(N)C1. The summed E-state index contributed by atoms with van der Waals surface area (Å²) in [7, 11) is 0. The van der Waals surface area contributed by atoms with Crippen LogP contribution in [0.1, 0.15) is 6.92 Å². The van der Waals surface area contributed by atoms with Gasteiger partial charge in [0.05, 0.1) is 13.2 Å². The van der Waals surface area contributed by atoms with Crippen LogP contribution in [0.4, 0.5) is 0 Å². The highest BCUT2D eigenvalue weighted by Crippen LogP contribution is 1.96. The van der Waals surface area contributed by atoms with Gasteiger partial charge >= 0.3 is 0 Å². The van der Waals surface area contributed by atoms with Gasteiger partial charge in [0.15, 0.2) is 0 Å². The molecule has 1 unspecified atom stereocenters. The Bertz CT molecular complexity index is 97.6. The summed E-state index contributed by atoms with van der Waals surface area (Å²) in [5.41, 5.74) is 5.73. The monoisotopic (exact) mass is 144 g/mol. The summed E-state index contributed by atoms with van der Waals surface area (Å²) in [6.07, 6.45) is 0. The second-order valence-corrected chi connectivity index (χ2v) is 2.73. The molecule has 1 aliphatic heterocycles. The first-order chi connectivity index (χ1) is 4.83. The van der Waals surface area contributed by atoms with E-state index in [0.717, 1.165) is 32.8 Å². The van der Waals surface area contributed by atoms with Gasteiger partial charge in [-0.3, -0.25) is 4.90 Å². The first-order valence-corrected chi connectivity index (χ1v) is 3.88. The van der Waals surface area contributed by atoms with E-state index in [0.29, 0.717) is 0 Å². The largest absolute Gasteiger partial charge is 0.378 e. The van der Waals surface area contributed by atoms with Gasteiger partial charge in [0.2, 0.25) is 0 Å². The average molecular weight is 144 g/mol. The molecule has 0 aromatic rings. The van der Waals surface area contributed by atoms with Crippen LogP contribution < -0.4 is 5.73 Å². The van der Waals surface area contributed by atoms with Gasteiger partial charge in [0.25, 0.3) is 0 Å². The Morgan fingerprint density at radius 1 is 1.70 bits per heavy atom. The van der Waals surface area contributed by atoms with Crippen molar-refractivity contribution in [3.05, 3.63) is 0 Å². The van der Waals surface area contributed by atoms with Crippen LogP contribution in [0.25, 0.3) is 0 Å². The van der Waals surface area contributed by atoms with Crippen LogP contribution in [0.15, 0.2) is 0 Å². The van der Waals surface area contributed by atoms with Crippen molar-refractivity contribution in [2.45, 2.75) is 13.0 Å². The molecule has 0 aromatic carbocycles. The molecule has 3 heteroatoms. The summed E-state index contributed by atoms with van der Waals surface area (Å²) < 4.78 is 5.27. The maximum Gasteiger partial charge on any atom is 0.0630 e. The molecule has 1 rings (SSSR count). The Labute approximate surface area is 62.1 Å². The Hall–Kier alpha value is -0.120. The molecule has 0 aliphatic carbocycles. The fourth-order valence-corrected chi connectivity index (χ4v) is 1.19. The van der Waals surface area contributed by atoms with Crippen molar-refractivity contribution in [1.82, 2.24) is 4.90 Å². The van der Waals surface area contributed by atoms with E-state index >= 15 is 0 Å². The fraction of sp³-hybridized carbons (Fsp3) is 1.00. The van der Waals surface area contributed by atoms with E-state index in [-0.39, 0.29) is 6.04 Å². The quantitative estimate of drug-likeness (QED) is 0.547. The molecule has 2 N–H and O–H groups in total. The minimum Gasteiger partial charge on any atom is -0.378 e. The van der Waals surface area contributed by atoms with E-state index in [4.69, 9.17) is 10.5 Å². The third kappa shape index (κ3) is 2.25.